The molecule has 1 aliphatic heterocycles. The molecule has 0 saturated carbocycles. The first-order chi connectivity index (χ1) is 10.1. The molecule has 0 atom stereocenters. The summed E-state index contributed by atoms with van der Waals surface area (Å²) < 4.78 is 0. The number of hydrogen-bond acceptors (Lipinski definition) is 2. The molecule has 2 aromatic carbocycles. The highest BCUT2D eigenvalue weighted by Gasteiger charge is 2.22. The predicted octanol–water partition coefficient (Wildman–Crippen LogP) is 3.63. The van der Waals surface area contributed by atoms with Gasteiger partial charge < -0.3 is 5.32 Å². The number of rotatable bonds is 3. The molecule has 0 spiro atoms. The molecular weight excluding hydrogens is 286 g/mol. The van der Waals surface area contributed by atoms with Gasteiger partial charge in [0, 0.05) is 16.8 Å². The van der Waals surface area contributed by atoms with E-state index in [1.807, 2.05) is 24.3 Å². The smallest absolute Gasteiger partial charge is 0.228 e. The molecule has 1 N–H and O–H groups in total. The van der Waals surface area contributed by atoms with Crippen molar-refractivity contribution in [1.29, 1.82) is 0 Å². The maximum absolute atomic E-state index is 12.6. The molecule has 0 radical (unpaired) electrons. The molecule has 1 aliphatic rings. The van der Waals surface area contributed by atoms with Gasteiger partial charge in [0.15, 0.2) is 5.78 Å². The summed E-state index contributed by atoms with van der Waals surface area (Å²) in [6.45, 7) is 2.07. The van der Waals surface area contributed by atoms with E-state index in [1.54, 1.807) is 12.1 Å². The zero-order valence-corrected chi connectivity index (χ0v) is 12.3. The quantitative estimate of drug-likeness (QED) is 0.880. The number of nitrogens with one attached hydrogen (secondary N) is 1. The van der Waals surface area contributed by atoms with E-state index in [4.69, 9.17) is 11.6 Å². The molecule has 0 unspecified atom stereocenters. The Morgan fingerprint density at radius 3 is 2.62 bits per heavy atom. The molecular formula is C17H14ClNO2. The normalized spacial score (nSPS) is 13.0. The Bertz CT molecular complexity index is 735. The largest absolute Gasteiger partial charge is 0.325 e. The maximum Gasteiger partial charge on any atom is 0.228 e. The van der Waals surface area contributed by atoms with E-state index < -0.39 is 0 Å². The molecule has 0 aliphatic carbocycles. The summed E-state index contributed by atoms with van der Waals surface area (Å²) in [5.74, 6) is -0.192. The van der Waals surface area contributed by atoms with Crippen molar-refractivity contribution in [2.45, 2.75) is 19.8 Å². The van der Waals surface area contributed by atoms with E-state index in [1.165, 1.54) is 5.56 Å². The highest BCUT2D eigenvalue weighted by Crippen LogP contribution is 2.31. The molecule has 0 bridgehead atoms. The van der Waals surface area contributed by atoms with Gasteiger partial charge in [-0.3, -0.25) is 9.59 Å². The van der Waals surface area contributed by atoms with E-state index in [0.29, 0.717) is 28.3 Å². The molecule has 0 saturated heterocycles. The third-order valence-corrected chi connectivity index (χ3v) is 4.00. The van der Waals surface area contributed by atoms with Crippen LogP contribution in [0.2, 0.25) is 5.02 Å². The zero-order chi connectivity index (χ0) is 15.0. The van der Waals surface area contributed by atoms with Crippen LogP contribution in [0.25, 0.3) is 0 Å². The summed E-state index contributed by atoms with van der Waals surface area (Å²) >= 11 is 6.19. The van der Waals surface area contributed by atoms with Gasteiger partial charge in [0.2, 0.25) is 5.91 Å². The van der Waals surface area contributed by atoms with Gasteiger partial charge in [-0.15, -0.1) is 0 Å². The summed E-state index contributed by atoms with van der Waals surface area (Å²) in [4.78, 5) is 24.0. The topological polar surface area (TPSA) is 46.2 Å². The van der Waals surface area contributed by atoms with Gasteiger partial charge in [0.1, 0.15) is 0 Å². The highest BCUT2D eigenvalue weighted by atomic mass is 35.5. The predicted molar refractivity (Wildman–Crippen MR) is 83.0 cm³/mol. The van der Waals surface area contributed by atoms with Crippen LogP contribution in [0.15, 0.2) is 36.4 Å². The number of aryl methyl sites for hydroxylation is 1. The standard InChI is InChI=1S/C17H14ClNO2/c1-2-10-3-5-11(6-4-10)17(21)13-7-12-8-16(20)19-15(12)9-14(13)18/h3-7,9H,2,8H2,1H3,(H,19,20). The second-order valence-electron chi connectivity index (χ2n) is 5.09. The summed E-state index contributed by atoms with van der Waals surface area (Å²) in [6.07, 6.45) is 1.23. The molecule has 21 heavy (non-hydrogen) atoms. The Morgan fingerprint density at radius 1 is 1.24 bits per heavy atom. The fourth-order valence-corrected chi connectivity index (χ4v) is 2.72. The van der Waals surface area contributed by atoms with E-state index in [-0.39, 0.29) is 11.7 Å². The van der Waals surface area contributed by atoms with Crippen LogP contribution in [0.4, 0.5) is 5.69 Å². The summed E-state index contributed by atoms with van der Waals surface area (Å²) in [7, 11) is 0. The third-order valence-electron chi connectivity index (χ3n) is 3.69. The van der Waals surface area contributed by atoms with Crippen LogP contribution < -0.4 is 5.32 Å². The van der Waals surface area contributed by atoms with Crippen molar-refractivity contribution in [2.24, 2.45) is 0 Å². The Hall–Kier alpha value is -2.13. The number of hydrogen-bond donors (Lipinski definition) is 1. The Morgan fingerprint density at radius 2 is 1.95 bits per heavy atom. The summed E-state index contributed by atoms with van der Waals surface area (Å²) in [5.41, 5.74) is 3.74. The fourth-order valence-electron chi connectivity index (χ4n) is 2.47. The molecule has 106 valence electrons. The molecule has 3 rings (SSSR count). The molecule has 1 heterocycles. The number of benzene rings is 2. The number of halogens is 1. The molecule has 2 aromatic rings. The van der Waals surface area contributed by atoms with E-state index in [0.717, 1.165) is 12.0 Å². The lowest BCUT2D eigenvalue weighted by Gasteiger charge is -2.07. The average molecular weight is 300 g/mol. The number of anilines is 1. The van der Waals surface area contributed by atoms with Gasteiger partial charge >= 0.3 is 0 Å². The molecule has 4 heteroatoms. The second kappa shape index (κ2) is 5.34. The minimum Gasteiger partial charge on any atom is -0.325 e. The van der Waals surface area contributed by atoms with Crippen molar-refractivity contribution >= 4 is 29.0 Å². The van der Waals surface area contributed by atoms with Crippen LogP contribution in [0, 0.1) is 0 Å². The van der Waals surface area contributed by atoms with Gasteiger partial charge in [-0.2, -0.15) is 0 Å². The molecule has 1 amide bonds. The van der Waals surface area contributed by atoms with Crippen LogP contribution in [-0.4, -0.2) is 11.7 Å². The molecule has 3 nitrogen and oxygen atoms in total. The SMILES string of the molecule is CCc1ccc(C(=O)c2cc3c(cc2Cl)NC(=O)C3)cc1. The van der Waals surface area contributed by atoms with Crippen LogP contribution >= 0.6 is 11.6 Å². The lowest BCUT2D eigenvalue weighted by molar-refractivity contribution is -0.115. The summed E-state index contributed by atoms with van der Waals surface area (Å²) in [5, 5.41) is 3.09. The second-order valence-corrected chi connectivity index (χ2v) is 5.50. The Labute approximate surface area is 127 Å². The maximum atomic E-state index is 12.6. The average Bonchev–Trinajstić information content (AvgIpc) is 2.85. The van der Waals surface area contributed by atoms with Gasteiger partial charge in [-0.25, -0.2) is 0 Å². The van der Waals surface area contributed by atoms with E-state index in [2.05, 4.69) is 12.2 Å². The lowest BCUT2D eigenvalue weighted by Crippen LogP contribution is -2.03. The van der Waals surface area contributed by atoms with E-state index in [9.17, 15) is 9.59 Å². The monoisotopic (exact) mass is 299 g/mol. The number of amides is 1. The first kappa shape index (κ1) is 13.8. The Balaban J connectivity index is 1.98. The van der Waals surface area contributed by atoms with Crippen LogP contribution in [0.5, 0.6) is 0 Å². The van der Waals surface area contributed by atoms with E-state index >= 15 is 0 Å². The van der Waals surface area contributed by atoms with Gasteiger partial charge in [-0.05, 0) is 29.7 Å². The summed E-state index contributed by atoms with van der Waals surface area (Å²) in [6, 6.07) is 10.9. The Kier molecular flexibility index (Phi) is 3.52. The third kappa shape index (κ3) is 2.57. The number of carbonyl (C=O) groups is 2. The number of ketones is 1. The van der Waals surface area contributed by atoms with Gasteiger partial charge in [0.05, 0.1) is 11.4 Å². The first-order valence-electron chi connectivity index (χ1n) is 6.84. The van der Waals surface area contributed by atoms with Crippen molar-refractivity contribution in [3.63, 3.8) is 0 Å². The van der Waals surface area contributed by atoms with Crippen LogP contribution in [0.3, 0.4) is 0 Å². The molecule has 0 fully saturated rings. The first-order valence-corrected chi connectivity index (χ1v) is 7.22. The van der Waals surface area contributed by atoms with Gasteiger partial charge in [-0.1, -0.05) is 42.8 Å². The minimum atomic E-state index is -0.121. The number of carbonyl (C=O) groups excluding carboxylic acids is 2. The lowest BCUT2D eigenvalue weighted by atomic mass is 9.99. The zero-order valence-electron chi connectivity index (χ0n) is 11.6. The molecule has 0 aromatic heterocycles. The van der Waals surface area contributed by atoms with Crippen molar-refractivity contribution in [3.05, 3.63) is 63.7 Å². The van der Waals surface area contributed by atoms with Crippen molar-refractivity contribution in [3.8, 4) is 0 Å². The van der Waals surface area contributed by atoms with Crippen molar-refractivity contribution in [1.82, 2.24) is 0 Å². The fraction of sp³-hybridized carbons (Fsp3) is 0.176. The van der Waals surface area contributed by atoms with Crippen molar-refractivity contribution < 1.29 is 9.59 Å². The number of fused-ring (bicyclic) bond motifs is 1. The van der Waals surface area contributed by atoms with Gasteiger partial charge in [0.25, 0.3) is 0 Å². The van der Waals surface area contributed by atoms with Crippen LogP contribution in [-0.2, 0) is 17.6 Å². The minimum absolute atomic E-state index is 0.0713. The highest BCUT2D eigenvalue weighted by molar-refractivity contribution is 6.35. The van der Waals surface area contributed by atoms with Crippen molar-refractivity contribution in [2.75, 3.05) is 5.32 Å². The van der Waals surface area contributed by atoms with Crippen LogP contribution in [0.1, 0.15) is 34.0 Å².